The molecule has 96 valence electrons. The van der Waals surface area contributed by atoms with Crippen LogP contribution in [0.15, 0.2) is 24.3 Å². The van der Waals surface area contributed by atoms with Gasteiger partial charge in [-0.15, -0.1) is 0 Å². The second-order valence-corrected chi connectivity index (χ2v) is 4.73. The number of nitrogens with one attached hydrogen (secondary N) is 1. The molecule has 1 aromatic carbocycles. The highest BCUT2D eigenvalue weighted by atomic mass is 35.5. The van der Waals surface area contributed by atoms with Crippen molar-refractivity contribution in [1.29, 1.82) is 0 Å². The first-order valence-corrected chi connectivity index (χ1v) is 6.20. The largest absolute Gasteiger partial charge is 0.389 e. The van der Waals surface area contributed by atoms with Gasteiger partial charge in [0.2, 0.25) is 0 Å². The van der Waals surface area contributed by atoms with Gasteiger partial charge in [-0.2, -0.15) is 0 Å². The number of aliphatic hydroxyl groups excluding tert-OH is 1. The first-order chi connectivity index (χ1) is 8.08. The van der Waals surface area contributed by atoms with E-state index in [1.54, 1.807) is 0 Å². The summed E-state index contributed by atoms with van der Waals surface area (Å²) in [6.45, 7) is 5.47. The molecule has 0 aliphatic rings. The molecule has 0 spiro atoms. The van der Waals surface area contributed by atoms with Crippen LogP contribution in [0.4, 0.5) is 0 Å². The Hall–Kier alpha value is -0.610. The minimum atomic E-state index is -0.475. The lowest BCUT2D eigenvalue weighted by atomic mass is 10.2. The molecular formula is C13H20ClNO2. The van der Waals surface area contributed by atoms with Crippen molar-refractivity contribution < 1.29 is 9.84 Å². The van der Waals surface area contributed by atoms with Crippen LogP contribution in [0.2, 0.25) is 5.02 Å². The number of ether oxygens (including phenoxy) is 1. The van der Waals surface area contributed by atoms with E-state index in [9.17, 15) is 5.11 Å². The van der Waals surface area contributed by atoms with Crippen molar-refractivity contribution in [2.24, 2.45) is 0 Å². The molecule has 1 rings (SSSR count). The Kier molecular flexibility index (Phi) is 6.52. The Labute approximate surface area is 108 Å². The average Bonchev–Trinajstić information content (AvgIpc) is 2.26. The van der Waals surface area contributed by atoms with Gasteiger partial charge in [0, 0.05) is 18.1 Å². The molecule has 1 aromatic rings. The van der Waals surface area contributed by atoms with E-state index in [2.05, 4.69) is 5.32 Å². The lowest BCUT2D eigenvalue weighted by molar-refractivity contribution is 0.00630. The summed E-state index contributed by atoms with van der Waals surface area (Å²) in [4.78, 5) is 0. The van der Waals surface area contributed by atoms with E-state index in [0.29, 0.717) is 19.7 Å². The molecule has 0 aliphatic carbocycles. The molecule has 0 fully saturated rings. The van der Waals surface area contributed by atoms with Crippen LogP contribution in [0.1, 0.15) is 19.4 Å². The van der Waals surface area contributed by atoms with Gasteiger partial charge in [-0.25, -0.2) is 0 Å². The molecule has 0 aliphatic heterocycles. The van der Waals surface area contributed by atoms with Crippen molar-refractivity contribution in [1.82, 2.24) is 5.32 Å². The molecule has 0 heterocycles. The molecule has 4 heteroatoms. The monoisotopic (exact) mass is 257 g/mol. The van der Waals surface area contributed by atoms with Crippen molar-refractivity contribution in [3.05, 3.63) is 34.9 Å². The maximum atomic E-state index is 9.62. The Morgan fingerprint density at radius 2 is 2.18 bits per heavy atom. The molecule has 0 radical (unpaired) electrons. The zero-order valence-corrected chi connectivity index (χ0v) is 11.1. The van der Waals surface area contributed by atoms with E-state index in [1.807, 2.05) is 38.1 Å². The van der Waals surface area contributed by atoms with Crippen molar-refractivity contribution in [2.75, 3.05) is 13.2 Å². The number of hydrogen-bond acceptors (Lipinski definition) is 3. The summed E-state index contributed by atoms with van der Waals surface area (Å²) in [6, 6.07) is 7.66. The van der Waals surface area contributed by atoms with Gasteiger partial charge in [0.25, 0.3) is 0 Å². The molecule has 0 aromatic heterocycles. The molecule has 0 amide bonds. The second-order valence-electron chi connectivity index (χ2n) is 4.30. The Bertz CT molecular complexity index is 331. The zero-order valence-electron chi connectivity index (χ0n) is 10.3. The lowest BCUT2D eigenvalue weighted by Crippen LogP contribution is -2.31. The van der Waals surface area contributed by atoms with Crippen LogP contribution in [0.3, 0.4) is 0 Å². The molecular weight excluding hydrogens is 238 g/mol. The number of aliphatic hydroxyl groups is 1. The van der Waals surface area contributed by atoms with E-state index < -0.39 is 6.10 Å². The van der Waals surface area contributed by atoms with E-state index in [0.717, 1.165) is 10.6 Å². The quantitative estimate of drug-likeness (QED) is 0.787. The molecule has 1 unspecified atom stereocenters. The Morgan fingerprint density at radius 3 is 2.82 bits per heavy atom. The average molecular weight is 258 g/mol. The molecule has 1 atom stereocenters. The normalized spacial score (nSPS) is 13.0. The third-order valence-corrected chi connectivity index (χ3v) is 2.46. The van der Waals surface area contributed by atoms with Gasteiger partial charge in [-0.3, -0.25) is 0 Å². The molecule has 0 bridgehead atoms. The predicted octanol–water partition coefficient (Wildman–Crippen LogP) is 2.22. The molecule has 0 saturated heterocycles. The lowest BCUT2D eigenvalue weighted by Gasteiger charge is -2.14. The Balaban J connectivity index is 2.19. The highest BCUT2D eigenvalue weighted by molar-refractivity contribution is 6.30. The van der Waals surface area contributed by atoms with Crippen LogP contribution < -0.4 is 5.32 Å². The maximum absolute atomic E-state index is 9.62. The summed E-state index contributed by atoms with van der Waals surface area (Å²) in [5, 5.41) is 13.5. The van der Waals surface area contributed by atoms with Crippen LogP contribution in [0, 0.1) is 0 Å². The van der Waals surface area contributed by atoms with Crippen LogP contribution in [0.25, 0.3) is 0 Å². The summed E-state index contributed by atoms with van der Waals surface area (Å²) in [6.07, 6.45) is -0.325. The van der Waals surface area contributed by atoms with Crippen LogP contribution >= 0.6 is 11.6 Å². The molecule has 2 N–H and O–H groups in total. The second kappa shape index (κ2) is 7.67. The number of hydrogen-bond donors (Lipinski definition) is 2. The fourth-order valence-electron chi connectivity index (χ4n) is 1.39. The smallest absolute Gasteiger partial charge is 0.0897 e. The Morgan fingerprint density at radius 1 is 1.41 bits per heavy atom. The van der Waals surface area contributed by atoms with Gasteiger partial charge >= 0.3 is 0 Å². The fraction of sp³-hybridized carbons (Fsp3) is 0.538. The van der Waals surface area contributed by atoms with E-state index >= 15 is 0 Å². The third-order valence-electron chi connectivity index (χ3n) is 2.22. The van der Waals surface area contributed by atoms with Crippen molar-refractivity contribution in [3.8, 4) is 0 Å². The first kappa shape index (κ1) is 14.5. The number of halogens is 1. The summed E-state index contributed by atoms with van der Waals surface area (Å²) in [7, 11) is 0. The van der Waals surface area contributed by atoms with Crippen molar-refractivity contribution in [3.63, 3.8) is 0 Å². The first-order valence-electron chi connectivity index (χ1n) is 5.82. The maximum Gasteiger partial charge on any atom is 0.0897 e. The van der Waals surface area contributed by atoms with E-state index in [1.165, 1.54) is 0 Å². The summed E-state index contributed by atoms with van der Waals surface area (Å²) in [5.74, 6) is 0. The van der Waals surface area contributed by atoms with Crippen LogP contribution in [-0.2, 0) is 11.3 Å². The predicted molar refractivity (Wildman–Crippen MR) is 70.3 cm³/mol. The highest BCUT2D eigenvalue weighted by Crippen LogP contribution is 2.10. The minimum absolute atomic E-state index is 0.151. The molecule has 0 saturated carbocycles. The highest BCUT2D eigenvalue weighted by Gasteiger charge is 2.05. The van der Waals surface area contributed by atoms with Crippen molar-refractivity contribution in [2.45, 2.75) is 32.6 Å². The fourth-order valence-corrected chi connectivity index (χ4v) is 1.61. The summed E-state index contributed by atoms with van der Waals surface area (Å²) in [5.41, 5.74) is 1.11. The van der Waals surface area contributed by atoms with Crippen LogP contribution in [-0.4, -0.2) is 30.5 Å². The zero-order chi connectivity index (χ0) is 12.7. The number of benzene rings is 1. The standard InChI is InChI=1S/C13H20ClNO2/c1-10(2)17-9-13(16)8-15-7-11-4-3-5-12(14)6-11/h3-6,10,13,15-16H,7-9H2,1-2H3. The number of rotatable bonds is 7. The minimum Gasteiger partial charge on any atom is -0.389 e. The summed E-state index contributed by atoms with van der Waals surface area (Å²) < 4.78 is 5.31. The van der Waals surface area contributed by atoms with E-state index in [4.69, 9.17) is 16.3 Å². The van der Waals surface area contributed by atoms with Gasteiger partial charge in [-0.1, -0.05) is 23.7 Å². The van der Waals surface area contributed by atoms with Crippen molar-refractivity contribution >= 4 is 11.6 Å². The van der Waals surface area contributed by atoms with Gasteiger partial charge in [0.15, 0.2) is 0 Å². The van der Waals surface area contributed by atoms with Gasteiger partial charge in [0.1, 0.15) is 0 Å². The molecule has 3 nitrogen and oxygen atoms in total. The topological polar surface area (TPSA) is 41.5 Å². The van der Waals surface area contributed by atoms with Crippen LogP contribution in [0.5, 0.6) is 0 Å². The summed E-state index contributed by atoms with van der Waals surface area (Å²) >= 11 is 5.87. The third kappa shape index (κ3) is 6.64. The SMILES string of the molecule is CC(C)OCC(O)CNCc1cccc(Cl)c1. The van der Waals surface area contributed by atoms with Gasteiger partial charge < -0.3 is 15.2 Å². The van der Waals surface area contributed by atoms with Gasteiger partial charge in [-0.05, 0) is 31.5 Å². The van der Waals surface area contributed by atoms with Gasteiger partial charge in [0.05, 0.1) is 18.8 Å². The molecule has 17 heavy (non-hydrogen) atoms. The van der Waals surface area contributed by atoms with E-state index in [-0.39, 0.29) is 6.10 Å².